The summed E-state index contributed by atoms with van der Waals surface area (Å²) in [6, 6.07) is 14.4. The summed E-state index contributed by atoms with van der Waals surface area (Å²) in [7, 11) is -3.34. The van der Waals surface area contributed by atoms with Gasteiger partial charge in [0, 0.05) is 16.0 Å². The Hall–Kier alpha value is -2.58. The number of nitrogens with zero attached hydrogens (tertiary/aromatic N) is 1. The Bertz CT molecular complexity index is 1110. The maximum Gasteiger partial charge on any atom is 0.316 e. The van der Waals surface area contributed by atoms with E-state index in [9.17, 15) is 18.0 Å². The van der Waals surface area contributed by atoms with Crippen molar-refractivity contribution in [1.29, 1.82) is 0 Å². The number of benzene rings is 2. The fourth-order valence-corrected chi connectivity index (χ4v) is 5.89. The number of fused-ring (bicyclic) bond motifs is 1. The lowest BCUT2D eigenvalue weighted by molar-refractivity contribution is -0.145. The van der Waals surface area contributed by atoms with E-state index in [1.54, 1.807) is 24.3 Å². The summed E-state index contributed by atoms with van der Waals surface area (Å²) in [6.45, 7) is -0.442. The fraction of sp³-hybridized carbons (Fsp3) is 0.304. The third-order valence-electron chi connectivity index (χ3n) is 5.33. The van der Waals surface area contributed by atoms with Crippen LogP contribution in [0.1, 0.15) is 17.5 Å². The molecule has 2 aromatic rings. The molecule has 162 valence electrons. The van der Waals surface area contributed by atoms with Gasteiger partial charge >= 0.3 is 5.97 Å². The lowest BCUT2D eigenvalue weighted by atomic mass is 10.1. The van der Waals surface area contributed by atoms with Crippen LogP contribution < -0.4 is 4.90 Å². The minimum absolute atomic E-state index is 0.106. The first-order valence-corrected chi connectivity index (χ1v) is 12.8. The predicted molar refractivity (Wildman–Crippen MR) is 121 cm³/mol. The van der Waals surface area contributed by atoms with E-state index in [2.05, 4.69) is 12.1 Å². The molecule has 1 unspecified atom stereocenters. The van der Waals surface area contributed by atoms with Crippen LogP contribution >= 0.6 is 11.8 Å². The molecule has 2 aliphatic rings. The molecule has 4 rings (SSSR count). The number of esters is 1. The third kappa shape index (κ3) is 5.37. The maximum absolute atomic E-state index is 12.9. The molecular formula is C23H23NO5S2. The van der Waals surface area contributed by atoms with Crippen LogP contribution in [-0.2, 0) is 37.0 Å². The van der Waals surface area contributed by atoms with E-state index in [-0.39, 0.29) is 11.5 Å². The first-order valence-electron chi connectivity index (χ1n) is 10.1. The van der Waals surface area contributed by atoms with Gasteiger partial charge in [0.15, 0.2) is 16.4 Å². The Labute approximate surface area is 186 Å². The van der Waals surface area contributed by atoms with Crippen LogP contribution in [-0.4, -0.2) is 44.4 Å². The second-order valence-corrected chi connectivity index (χ2v) is 10.5. The number of carbonyl (C=O) groups excluding carboxylic acids is 2. The zero-order valence-electron chi connectivity index (χ0n) is 16.9. The largest absolute Gasteiger partial charge is 0.455 e. The lowest BCUT2D eigenvalue weighted by Gasteiger charge is -2.27. The number of sulfone groups is 1. The molecule has 1 heterocycles. The Morgan fingerprint density at radius 2 is 1.84 bits per heavy atom. The molecule has 8 heteroatoms. The first-order chi connectivity index (χ1) is 14.9. The van der Waals surface area contributed by atoms with Crippen molar-refractivity contribution in [2.45, 2.75) is 30.2 Å². The molecule has 1 aliphatic carbocycles. The first kappa shape index (κ1) is 21.6. The SMILES string of the molecule is O=C(CSc1ccc2c(c1)CCC2)OCC(=O)N(c1ccccc1)C1C=CS(=O)(=O)C1. The molecule has 0 radical (unpaired) electrons. The van der Waals surface area contributed by atoms with E-state index in [0.29, 0.717) is 5.69 Å². The number of hydrogen-bond acceptors (Lipinski definition) is 6. The van der Waals surface area contributed by atoms with E-state index in [4.69, 9.17) is 4.74 Å². The average Bonchev–Trinajstić information content (AvgIpc) is 3.37. The summed E-state index contributed by atoms with van der Waals surface area (Å²) in [4.78, 5) is 27.5. The number of carbonyl (C=O) groups is 2. The normalized spacial score (nSPS) is 18.5. The highest BCUT2D eigenvalue weighted by Crippen LogP contribution is 2.28. The number of anilines is 1. The predicted octanol–water partition coefficient (Wildman–Crippen LogP) is 3.15. The zero-order valence-corrected chi connectivity index (χ0v) is 18.5. The van der Waals surface area contributed by atoms with Gasteiger partial charge in [0.1, 0.15) is 0 Å². The fourth-order valence-electron chi connectivity index (χ4n) is 3.86. The van der Waals surface area contributed by atoms with Gasteiger partial charge in [-0.25, -0.2) is 8.42 Å². The minimum atomic E-state index is -3.34. The molecular weight excluding hydrogens is 434 g/mol. The van der Waals surface area contributed by atoms with Gasteiger partial charge in [-0.3, -0.25) is 9.59 Å². The van der Waals surface area contributed by atoms with Crippen LogP contribution in [0.4, 0.5) is 5.69 Å². The molecule has 1 atom stereocenters. The van der Waals surface area contributed by atoms with Gasteiger partial charge in [0.25, 0.3) is 5.91 Å². The Kier molecular flexibility index (Phi) is 6.48. The van der Waals surface area contributed by atoms with Crippen LogP contribution in [0.2, 0.25) is 0 Å². The van der Waals surface area contributed by atoms with Crippen molar-refractivity contribution in [3.05, 3.63) is 71.1 Å². The van der Waals surface area contributed by atoms with Crippen molar-refractivity contribution >= 4 is 39.2 Å². The number of para-hydroxylation sites is 1. The summed E-state index contributed by atoms with van der Waals surface area (Å²) in [5, 5.41) is 1.13. The molecule has 0 N–H and O–H groups in total. The number of thioether (sulfide) groups is 1. The molecule has 0 saturated carbocycles. The molecule has 0 saturated heterocycles. The van der Waals surface area contributed by atoms with Gasteiger partial charge in [-0.1, -0.05) is 24.3 Å². The smallest absolute Gasteiger partial charge is 0.316 e. The van der Waals surface area contributed by atoms with Gasteiger partial charge in [0.2, 0.25) is 0 Å². The van der Waals surface area contributed by atoms with Crippen LogP contribution in [0.3, 0.4) is 0 Å². The molecule has 0 aromatic heterocycles. The molecule has 31 heavy (non-hydrogen) atoms. The highest BCUT2D eigenvalue weighted by Gasteiger charge is 2.31. The van der Waals surface area contributed by atoms with E-state index < -0.39 is 34.4 Å². The number of hydrogen-bond donors (Lipinski definition) is 0. The van der Waals surface area contributed by atoms with E-state index in [1.165, 1.54) is 40.3 Å². The zero-order chi connectivity index (χ0) is 21.8. The van der Waals surface area contributed by atoms with Crippen molar-refractivity contribution in [3.8, 4) is 0 Å². The average molecular weight is 458 g/mol. The van der Waals surface area contributed by atoms with Gasteiger partial charge in [0.05, 0.1) is 17.5 Å². The highest BCUT2D eigenvalue weighted by molar-refractivity contribution is 8.00. The van der Waals surface area contributed by atoms with Gasteiger partial charge < -0.3 is 9.64 Å². The summed E-state index contributed by atoms with van der Waals surface area (Å²) in [6.07, 6.45) is 4.85. The summed E-state index contributed by atoms with van der Waals surface area (Å²) < 4.78 is 28.9. The van der Waals surface area contributed by atoms with Gasteiger partial charge in [-0.05, 0) is 60.7 Å². The lowest BCUT2D eigenvalue weighted by Crippen LogP contribution is -2.43. The van der Waals surface area contributed by atoms with Gasteiger partial charge in [-0.15, -0.1) is 11.8 Å². The number of amides is 1. The molecule has 1 aliphatic heterocycles. The number of rotatable bonds is 7. The van der Waals surface area contributed by atoms with E-state index >= 15 is 0 Å². The molecule has 0 fully saturated rings. The van der Waals surface area contributed by atoms with Crippen LogP contribution in [0.25, 0.3) is 0 Å². The second kappa shape index (κ2) is 9.28. The minimum Gasteiger partial charge on any atom is -0.455 e. The van der Waals surface area contributed by atoms with Crippen LogP contribution in [0, 0.1) is 0 Å². The van der Waals surface area contributed by atoms with Crippen molar-refractivity contribution in [3.63, 3.8) is 0 Å². The van der Waals surface area contributed by atoms with E-state index in [1.807, 2.05) is 12.1 Å². The summed E-state index contributed by atoms with van der Waals surface area (Å²) in [5.41, 5.74) is 3.27. The Morgan fingerprint density at radius 3 is 2.58 bits per heavy atom. The van der Waals surface area contributed by atoms with Crippen molar-refractivity contribution in [2.24, 2.45) is 0 Å². The van der Waals surface area contributed by atoms with Crippen molar-refractivity contribution < 1.29 is 22.7 Å². The maximum atomic E-state index is 12.9. The Morgan fingerprint density at radius 1 is 1.06 bits per heavy atom. The highest BCUT2D eigenvalue weighted by atomic mass is 32.2. The number of aryl methyl sites for hydroxylation is 2. The monoisotopic (exact) mass is 457 g/mol. The quantitative estimate of drug-likeness (QED) is 0.469. The second-order valence-electron chi connectivity index (χ2n) is 7.56. The van der Waals surface area contributed by atoms with Gasteiger partial charge in [-0.2, -0.15) is 0 Å². The standard InChI is InChI=1S/C23H23NO5S2/c25-22(24(19-7-2-1-3-8-19)20-11-12-31(27,28)16-20)14-29-23(26)15-30-21-10-9-17-5-4-6-18(17)13-21/h1-3,7-13,20H,4-6,14-16H2. The van der Waals surface area contributed by atoms with Crippen LogP contribution in [0.15, 0.2) is 64.9 Å². The molecule has 1 amide bonds. The number of ether oxygens (including phenoxy) is 1. The molecule has 0 bridgehead atoms. The molecule has 2 aromatic carbocycles. The molecule has 6 nitrogen and oxygen atoms in total. The molecule has 0 spiro atoms. The van der Waals surface area contributed by atoms with E-state index in [0.717, 1.165) is 23.1 Å². The summed E-state index contributed by atoms with van der Waals surface area (Å²) >= 11 is 1.39. The van der Waals surface area contributed by atoms with Crippen molar-refractivity contribution in [1.82, 2.24) is 0 Å². The topological polar surface area (TPSA) is 80.8 Å². The Balaban J connectivity index is 1.35. The van der Waals surface area contributed by atoms with Crippen LogP contribution in [0.5, 0.6) is 0 Å². The summed E-state index contributed by atoms with van der Waals surface area (Å²) in [5.74, 6) is -1.03. The third-order valence-corrected chi connectivity index (χ3v) is 7.67. The van der Waals surface area contributed by atoms with Crippen molar-refractivity contribution in [2.75, 3.05) is 23.0 Å².